The van der Waals surface area contributed by atoms with Gasteiger partial charge in [-0.15, -0.1) is 0 Å². The molecule has 0 radical (unpaired) electrons. The highest BCUT2D eigenvalue weighted by molar-refractivity contribution is 5.75. The van der Waals surface area contributed by atoms with Crippen molar-refractivity contribution in [2.45, 2.75) is 6.54 Å². The minimum Gasteiger partial charge on any atom is -0.345 e. The van der Waals surface area contributed by atoms with Gasteiger partial charge in [0.1, 0.15) is 6.29 Å². The topological polar surface area (TPSA) is 57.8 Å². The van der Waals surface area contributed by atoms with Crippen molar-refractivity contribution < 1.29 is 4.79 Å². The summed E-state index contributed by atoms with van der Waals surface area (Å²) in [5, 5.41) is 3.01. The van der Waals surface area contributed by atoms with Crippen LogP contribution < -0.4 is 5.32 Å². The van der Waals surface area contributed by atoms with Crippen LogP contribution in [0.5, 0.6) is 0 Å². The maximum absolute atomic E-state index is 10.1. The number of rotatable bonds is 4. The van der Waals surface area contributed by atoms with E-state index in [0.29, 0.717) is 13.1 Å². The summed E-state index contributed by atoms with van der Waals surface area (Å²) in [4.78, 5) is 17.3. The molecule has 2 N–H and O–H groups in total. The van der Waals surface area contributed by atoms with Crippen molar-refractivity contribution in [1.29, 1.82) is 0 Å². The second-order valence-electron chi connectivity index (χ2n) is 3.05. The number of aldehydes is 1. The van der Waals surface area contributed by atoms with Crippen molar-refractivity contribution in [2.75, 3.05) is 6.54 Å². The van der Waals surface area contributed by atoms with Crippen LogP contribution in [0.3, 0.4) is 0 Å². The Bertz CT molecular complexity index is 436. The van der Waals surface area contributed by atoms with Gasteiger partial charge in [0.2, 0.25) is 0 Å². The third kappa shape index (κ3) is 1.80. The van der Waals surface area contributed by atoms with E-state index in [1.807, 2.05) is 18.2 Å². The summed E-state index contributed by atoms with van der Waals surface area (Å²) in [6, 6.07) is 5.99. The van der Waals surface area contributed by atoms with E-state index >= 15 is 0 Å². The average Bonchev–Trinajstić information content (AvgIpc) is 2.65. The lowest BCUT2D eigenvalue weighted by molar-refractivity contribution is -0.107. The number of hydrogen-bond acceptors (Lipinski definition) is 3. The zero-order valence-corrected chi connectivity index (χ0v) is 7.66. The first-order chi connectivity index (χ1) is 6.90. The van der Waals surface area contributed by atoms with Crippen LogP contribution in [0.1, 0.15) is 5.56 Å². The minimum atomic E-state index is 0.390. The van der Waals surface area contributed by atoms with Crippen molar-refractivity contribution in [3.05, 3.63) is 30.1 Å². The molecule has 14 heavy (non-hydrogen) atoms. The number of carbonyl (C=O) groups excluding carboxylic acids is 1. The van der Waals surface area contributed by atoms with Crippen LogP contribution in [0, 0.1) is 0 Å². The lowest BCUT2D eigenvalue weighted by atomic mass is 10.2. The van der Waals surface area contributed by atoms with Gasteiger partial charge < -0.3 is 15.1 Å². The Balaban J connectivity index is 2.13. The van der Waals surface area contributed by atoms with Gasteiger partial charge in [-0.1, -0.05) is 6.07 Å². The van der Waals surface area contributed by atoms with Gasteiger partial charge in [-0.25, -0.2) is 4.98 Å². The van der Waals surface area contributed by atoms with Crippen LogP contribution in [0.2, 0.25) is 0 Å². The normalized spacial score (nSPS) is 10.6. The standard InChI is InChI=1S/C10H11N3O/c14-4-3-11-6-8-1-2-9-10(5-8)13-7-12-9/h1-2,4-5,7,11H,3,6H2,(H,12,13). The van der Waals surface area contributed by atoms with E-state index in [-0.39, 0.29) is 0 Å². The molecule has 0 atom stereocenters. The van der Waals surface area contributed by atoms with Crippen molar-refractivity contribution in [3.8, 4) is 0 Å². The lowest BCUT2D eigenvalue weighted by Gasteiger charge is -2.00. The molecule has 4 heteroatoms. The van der Waals surface area contributed by atoms with Gasteiger partial charge >= 0.3 is 0 Å². The molecule has 0 aliphatic carbocycles. The Hall–Kier alpha value is -1.68. The van der Waals surface area contributed by atoms with Crippen LogP contribution in [-0.4, -0.2) is 22.8 Å². The number of nitrogens with one attached hydrogen (secondary N) is 2. The quantitative estimate of drug-likeness (QED) is 0.553. The number of H-pyrrole nitrogens is 1. The van der Waals surface area contributed by atoms with Gasteiger partial charge in [-0.05, 0) is 17.7 Å². The van der Waals surface area contributed by atoms with Crippen LogP contribution in [0.4, 0.5) is 0 Å². The Morgan fingerprint density at radius 2 is 2.43 bits per heavy atom. The molecular weight excluding hydrogens is 178 g/mol. The van der Waals surface area contributed by atoms with Crippen LogP contribution in [0.15, 0.2) is 24.5 Å². The second kappa shape index (κ2) is 4.02. The maximum atomic E-state index is 10.1. The first kappa shape index (κ1) is 8.90. The zero-order chi connectivity index (χ0) is 9.80. The average molecular weight is 189 g/mol. The molecular formula is C10H11N3O. The fourth-order valence-corrected chi connectivity index (χ4v) is 1.37. The summed E-state index contributed by atoms with van der Waals surface area (Å²) in [6.07, 6.45) is 2.53. The molecule has 0 amide bonds. The van der Waals surface area contributed by atoms with Crippen LogP contribution >= 0.6 is 0 Å². The second-order valence-corrected chi connectivity index (χ2v) is 3.05. The summed E-state index contributed by atoms with van der Waals surface area (Å²) >= 11 is 0. The van der Waals surface area contributed by atoms with Gasteiger partial charge in [0.15, 0.2) is 0 Å². The van der Waals surface area contributed by atoms with Crippen molar-refractivity contribution in [1.82, 2.24) is 15.3 Å². The molecule has 0 unspecified atom stereocenters. The van der Waals surface area contributed by atoms with Crippen LogP contribution in [-0.2, 0) is 11.3 Å². The molecule has 1 heterocycles. The number of aromatic amines is 1. The predicted molar refractivity (Wildman–Crippen MR) is 53.9 cm³/mol. The van der Waals surface area contributed by atoms with Crippen molar-refractivity contribution >= 4 is 17.3 Å². The Morgan fingerprint density at radius 1 is 1.50 bits per heavy atom. The number of hydrogen-bond donors (Lipinski definition) is 2. The summed E-state index contributed by atoms with van der Waals surface area (Å²) in [7, 11) is 0. The van der Waals surface area contributed by atoms with Gasteiger partial charge in [0.25, 0.3) is 0 Å². The molecule has 1 aromatic carbocycles. The highest BCUT2D eigenvalue weighted by Gasteiger charge is 1.97. The van der Waals surface area contributed by atoms with E-state index in [9.17, 15) is 4.79 Å². The van der Waals surface area contributed by atoms with Crippen molar-refractivity contribution in [2.24, 2.45) is 0 Å². The first-order valence-electron chi connectivity index (χ1n) is 4.46. The van der Waals surface area contributed by atoms with Gasteiger partial charge in [0, 0.05) is 6.54 Å². The molecule has 2 rings (SSSR count). The van der Waals surface area contributed by atoms with Gasteiger partial charge in [-0.3, -0.25) is 0 Å². The molecule has 0 saturated carbocycles. The molecule has 72 valence electrons. The van der Waals surface area contributed by atoms with Crippen molar-refractivity contribution in [3.63, 3.8) is 0 Å². The number of aromatic nitrogens is 2. The van der Waals surface area contributed by atoms with Gasteiger partial charge in [-0.2, -0.15) is 0 Å². The number of carbonyl (C=O) groups is 1. The fourth-order valence-electron chi connectivity index (χ4n) is 1.37. The molecule has 1 aromatic heterocycles. The molecule has 0 aliphatic rings. The third-order valence-electron chi connectivity index (χ3n) is 2.04. The van der Waals surface area contributed by atoms with Crippen LogP contribution in [0.25, 0.3) is 11.0 Å². The zero-order valence-electron chi connectivity index (χ0n) is 7.66. The van der Waals surface area contributed by atoms with E-state index in [2.05, 4.69) is 15.3 Å². The minimum absolute atomic E-state index is 0.390. The van der Waals surface area contributed by atoms with Gasteiger partial charge in [0.05, 0.1) is 23.9 Å². The maximum Gasteiger partial charge on any atom is 0.133 e. The number of nitrogens with zero attached hydrogens (tertiary/aromatic N) is 1. The molecule has 0 spiro atoms. The molecule has 0 aliphatic heterocycles. The summed E-state index contributed by atoms with van der Waals surface area (Å²) in [6.45, 7) is 1.09. The number of imidazole rings is 1. The van der Waals surface area contributed by atoms with E-state index in [1.165, 1.54) is 0 Å². The molecule has 0 fully saturated rings. The Labute approximate surface area is 81.3 Å². The van der Waals surface area contributed by atoms with E-state index in [4.69, 9.17) is 0 Å². The predicted octanol–water partition coefficient (Wildman–Crippen LogP) is 0.851. The summed E-state index contributed by atoms with van der Waals surface area (Å²) < 4.78 is 0. The Kier molecular flexibility index (Phi) is 2.55. The third-order valence-corrected chi connectivity index (χ3v) is 2.04. The molecule has 4 nitrogen and oxygen atoms in total. The lowest BCUT2D eigenvalue weighted by Crippen LogP contribution is -2.15. The Morgan fingerprint density at radius 3 is 3.29 bits per heavy atom. The summed E-state index contributed by atoms with van der Waals surface area (Å²) in [5.74, 6) is 0. The molecule has 0 bridgehead atoms. The number of fused-ring (bicyclic) bond motifs is 1. The monoisotopic (exact) mass is 189 g/mol. The number of benzene rings is 1. The first-order valence-corrected chi connectivity index (χ1v) is 4.46. The fraction of sp³-hybridized carbons (Fsp3) is 0.200. The summed E-state index contributed by atoms with van der Waals surface area (Å²) in [5.41, 5.74) is 3.13. The highest BCUT2D eigenvalue weighted by atomic mass is 16.1. The largest absolute Gasteiger partial charge is 0.345 e. The smallest absolute Gasteiger partial charge is 0.133 e. The van der Waals surface area contributed by atoms with E-state index in [1.54, 1.807) is 6.33 Å². The van der Waals surface area contributed by atoms with E-state index in [0.717, 1.165) is 22.9 Å². The molecule has 0 saturated heterocycles. The van der Waals surface area contributed by atoms with E-state index < -0.39 is 0 Å². The highest BCUT2D eigenvalue weighted by Crippen LogP contribution is 2.10. The molecule has 2 aromatic rings. The SMILES string of the molecule is O=CCNCc1ccc2nc[nH]c2c1.